The van der Waals surface area contributed by atoms with Crippen molar-refractivity contribution in [2.75, 3.05) is 36.0 Å². The number of carboxylic acids is 1. The molecule has 6 rings (SSSR count). The molecule has 6 N–H and O–H groups in total. The number of likely N-dealkylation sites (tertiary alicyclic amines) is 1. The Kier molecular flexibility index (Phi) is 10.7. The number of carbonyl (C=O) groups is 1. The molecule has 0 spiro atoms. The number of aromatic nitrogens is 3. The number of nitrogens with one attached hydrogen (secondary N) is 3. The van der Waals surface area contributed by atoms with E-state index < -0.39 is 34.4 Å². The molecule has 1 aliphatic heterocycles. The highest BCUT2D eigenvalue weighted by Gasteiger charge is 2.26. The lowest BCUT2D eigenvalue weighted by molar-refractivity contribution is 0.0696. The number of H-pyrrole nitrogens is 1. The first-order chi connectivity index (χ1) is 24.9. The van der Waals surface area contributed by atoms with Gasteiger partial charge in [0.15, 0.2) is 0 Å². The molecular weight excluding hydrogens is 675 g/mol. The summed E-state index contributed by atoms with van der Waals surface area (Å²) in [5.74, 6) is -3.78. The fourth-order valence-electron chi connectivity index (χ4n) is 6.87. The van der Waals surface area contributed by atoms with Gasteiger partial charge in [-0.3, -0.25) is 19.1 Å². The Hall–Kier alpha value is -5.63. The maximum absolute atomic E-state index is 15.3. The van der Waals surface area contributed by atoms with Gasteiger partial charge in [0.25, 0.3) is 5.56 Å². The number of nitrogens with zero attached hydrogens (tertiary/aromatic N) is 3. The molecule has 1 saturated heterocycles. The number of halogens is 3. The van der Waals surface area contributed by atoms with Gasteiger partial charge in [-0.2, -0.15) is 4.98 Å². The Morgan fingerprint density at radius 3 is 2.56 bits per heavy atom. The van der Waals surface area contributed by atoms with E-state index in [0.29, 0.717) is 31.4 Å². The van der Waals surface area contributed by atoms with Crippen molar-refractivity contribution in [2.45, 2.75) is 58.5 Å². The summed E-state index contributed by atoms with van der Waals surface area (Å²) >= 11 is 0. The van der Waals surface area contributed by atoms with E-state index in [1.54, 1.807) is 0 Å². The fraction of sp³-hybridized carbons (Fsp3) is 0.316. The maximum Gasteiger partial charge on any atom is 0.341 e. The molecule has 14 heteroatoms. The smallest absolute Gasteiger partial charge is 0.341 e. The van der Waals surface area contributed by atoms with Gasteiger partial charge in [-0.25, -0.2) is 18.0 Å². The lowest BCUT2D eigenvalue weighted by Gasteiger charge is -2.25. The number of fused-ring (bicyclic) bond motifs is 1. The van der Waals surface area contributed by atoms with Gasteiger partial charge in [0, 0.05) is 47.9 Å². The fourth-order valence-corrected chi connectivity index (χ4v) is 6.87. The van der Waals surface area contributed by atoms with E-state index in [9.17, 15) is 28.3 Å². The van der Waals surface area contributed by atoms with Crippen molar-refractivity contribution < 1.29 is 23.1 Å². The van der Waals surface area contributed by atoms with Crippen molar-refractivity contribution in [1.82, 2.24) is 19.4 Å². The average molecular weight is 716 g/mol. The number of hydrogen-bond donors (Lipinski definition) is 5. The lowest BCUT2D eigenvalue weighted by atomic mass is 10.0. The third-order valence-corrected chi connectivity index (χ3v) is 9.65. The Balaban J connectivity index is 1.08. The Morgan fingerprint density at radius 1 is 1.04 bits per heavy atom. The molecule has 5 aromatic rings. The van der Waals surface area contributed by atoms with Gasteiger partial charge in [-0.15, -0.1) is 0 Å². The summed E-state index contributed by atoms with van der Waals surface area (Å²) in [6.45, 7) is 6.55. The third-order valence-electron chi connectivity index (χ3n) is 9.65. The van der Waals surface area contributed by atoms with Gasteiger partial charge < -0.3 is 26.5 Å². The minimum Gasteiger partial charge on any atom is -0.477 e. The molecule has 11 nitrogen and oxygen atoms in total. The molecular formula is C38H40F3N7O4. The Labute approximate surface area is 297 Å². The number of hydrogen-bond acceptors (Lipinski definition) is 8. The number of aryl methyl sites for hydroxylation is 2. The van der Waals surface area contributed by atoms with Gasteiger partial charge in [-0.05, 0) is 99.6 Å². The van der Waals surface area contributed by atoms with Gasteiger partial charge >= 0.3 is 5.97 Å². The van der Waals surface area contributed by atoms with Crippen LogP contribution in [0.3, 0.4) is 0 Å². The van der Waals surface area contributed by atoms with Crippen LogP contribution in [0.4, 0.5) is 36.3 Å². The maximum atomic E-state index is 15.3. The molecule has 2 aromatic heterocycles. The van der Waals surface area contributed by atoms with Crippen molar-refractivity contribution in [1.29, 1.82) is 0 Å². The van der Waals surface area contributed by atoms with Gasteiger partial charge in [0.1, 0.15) is 28.8 Å². The number of pyridine rings is 1. The number of carboxylic acid groups (broad SMARTS) is 1. The van der Waals surface area contributed by atoms with Crippen LogP contribution in [0.1, 0.15) is 54.1 Å². The zero-order chi connectivity index (χ0) is 37.1. The zero-order valence-electron chi connectivity index (χ0n) is 28.9. The number of aromatic carboxylic acids is 1. The number of nitrogen functional groups attached to an aromatic ring is 1. The van der Waals surface area contributed by atoms with Crippen LogP contribution < -0.4 is 27.4 Å². The van der Waals surface area contributed by atoms with Crippen LogP contribution in [-0.4, -0.2) is 56.2 Å². The molecule has 272 valence electrons. The average Bonchev–Trinajstić information content (AvgIpc) is 3.54. The molecule has 0 bridgehead atoms. The standard InChI is InChI=1S/C38H40F3N7O4/c1-3-22-15-24(10-8-21(22)2)44-32-19-33(49)48(38(42)46-32)14-5-4-12-47-13-6-7-25(47)20-43-31-18-30-27(17-29(31)41)36(50)34(37(51)52)35(45-30)26-11-9-23(39)16-28(26)40/h8-11,15-19,25,43-44H,3-7,12-14,20H2,1-2H3,(H2,42,46)(H,45,50)(H,51,52). The second-order valence-electron chi connectivity index (χ2n) is 13.0. The third kappa shape index (κ3) is 7.66. The summed E-state index contributed by atoms with van der Waals surface area (Å²) in [7, 11) is 0. The van der Waals surface area contributed by atoms with Crippen molar-refractivity contribution in [3.05, 3.63) is 109 Å². The van der Waals surface area contributed by atoms with Crippen molar-refractivity contribution in [2.24, 2.45) is 0 Å². The van der Waals surface area contributed by atoms with E-state index in [4.69, 9.17) is 5.73 Å². The minimum absolute atomic E-state index is 0.0806. The molecule has 1 atom stereocenters. The van der Waals surface area contributed by atoms with E-state index in [1.807, 2.05) is 18.2 Å². The molecule has 1 fully saturated rings. The largest absolute Gasteiger partial charge is 0.477 e. The van der Waals surface area contributed by atoms with Crippen LogP contribution in [0.25, 0.3) is 22.2 Å². The quantitative estimate of drug-likeness (QED) is 0.0868. The number of benzene rings is 3. The number of anilines is 4. The molecule has 0 aliphatic carbocycles. The molecule has 0 amide bonds. The van der Waals surface area contributed by atoms with Crippen molar-refractivity contribution >= 4 is 40.0 Å². The molecule has 0 saturated carbocycles. The summed E-state index contributed by atoms with van der Waals surface area (Å²) in [6, 6.07) is 12.4. The second-order valence-corrected chi connectivity index (χ2v) is 13.0. The van der Waals surface area contributed by atoms with Crippen molar-refractivity contribution in [3.8, 4) is 11.3 Å². The molecule has 0 radical (unpaired) electrons. The first-order valence-electron chi connectivity index (χ1n) is 17.2. The first-order valence-corrected chi connectivity index (χ1v) is 17.2. The van der Waals surface area contributed by atoms with Crippen LogP contribution in [0.5, 0.6) is 0 Å². The number of aromatic amines is 1. The van der Waals surface area contributed by atoms with E-state index >= 15 is 4.39 Å². The van der Waals surface area contributed by atoms with E-state index in [-0.39, 0.29) is 45.4 Å². The van der Waals surface area contributed by atoms with Gasteiger partial charge in [0.2, 0.25) is 11.4 Å². The highest BCUT2D eigenvalue weighted by molar-refractivity contribution is 5.99. The highest BCUT2D eigenvalue weighted by atomic mass is 19.1. The molecule has 1 unspecified atom stereocenters. The summed E-state index contributed by atoms with van der Waals surface area (Å²) in [4.78, 5) is 47.6. The zero-order valence-corrected chi connectivity index (χ0v) is 28.9. The van der Waals surface area contributed by atoms with Crippen LogP contribution in [0.15, 0.2) is 64.2 Å². The topological polar surface area (TPSA) is 158 Å². The summed E-state index contributed by atoms with van der Waals surface area (Å²) in [6.07, 6.45) is 4.20. The summed E-state index contributed by atoms with van der Waals surface area (Å²) in [5.41, 5.74) is 6.94. The SMILES string of the molecule is CCc1cc(Nc2cc(=O)n(CCCCN3CCCC3CNc3cc4[nH]c(-c5ccc(F)cc5F)c(C(=O)O)c(=O)c4cc3F)c(N)n2)ccc1C. The summed E-state index contributed by atoms with van der Waals surface area (Å²) < 4.78 is 45.0. The molecule has 3 heterocycles. The Morgan fingerprint density at radius 2 is 1.83 bits per heavy atom. The predicted molar refractivity (Wildman–Crippen MR) is 196 cm³/mol. The second kappa shape index (κ2) is 15.3. The lowest BCUT2D eigenvalue weighted by Crippen LogP contribution is -2.36. The number of rotatable bonds is 13. The van der Waals surface area contributed by atoms with Crippen LogP contribution in [-0.2, 0) is 13.0 Å². The molecule has 3 aromatic carbocycles. The summed E-state index contributed by atoms with van der Waals surface area (Å²) in [5, 5.41) is 15.8. The highest BCUT2D eigenvalue weighted by Crippen LogP contribution is 2.29. The monoisotopic (exact) mass is 715 g/mol. The molecule has 1 aliphatic rings. The normalized spacial score (nSPS) is 14.6. The number of unbranched alkanes of at least 4 members (excludes halogenated alkanes) is 1. The van der Waals surface area contributed by atoms with E-state index in [0.717, 1.165) is 62.7 Å². The predicted octanol–water partition coefficient (Wildman–Crippen LogP) is 6.42. The van der Waals surface area contributed by atoms with Crippen LogP contribution in [0.2, 0.25) is 0 Å². The van der Waals surface area contributed by atoms with E-state index in [1.165, 1.54) is 27.8 Å². The first kappa shape index (κ1) is 36.2. The number of nitrogens with two attached hydrogens (primary N) is 1. The molecule has 52 heavy (non-hydrogen) atoms. The van der Waals surface area contributed by atoms with Gasteiger partial charge in [0.05, 0.1) is 16.9 Å². The van der Waals surface area contributed by atoms with Crippen molar-refractivity contribution in [3.63, 3.8) is 0 Å². The van der Waals surface area contributed by atoms with Crippen LogP contribution in [0, 0.1) is 24.4 Å². The van der Waals surface area contributed by atoms with Gasteiger partial charge in [-0.1, -0.05) is 13.0 Å². The van der Waals surface area contributed by atoms with E-state index in [2.05, 4.69) is 39.3 Å². The Bertz CT molecular complexity index is 2270. The van der Waals surface area contributed by atoms with Crippen LogP contribution >= 0.6 is 0 Å². The minimum atomic E-state index is -1.63.